The molecule has 0 aromatic rings. The summed E-state index contributed by atoms with van der Waals surface area (Å²) in [7, 11) is 0. The fourth-order valence-corrected chi connectivity index (χ4v) is 2.38. The van der Waals surface area contributed by atoms with Crippen LogP contribution in [0.3, 0.4) is 0 Å². The fourth-order valence-electron chi connectivity index (χ4n) is 2.38. The van der Waals surface area contributed by atoms with Crippen molar-refractivity contribution in [2.45, 2.75) is 38.2 Å². The lowest BCUT2D eigenvalue weighted by molar-refractivity contribution is 0.0424. The van der Waals surface area contributed by atoms with Gasteiger partial charge in [-0.1, -0.05) is 0 Å². The number of rotatable bonds is 5. The van der Waals surface area contributed by atoms with Crippen molar-refractivity contribution in [2.24, 2.45) is 10.7 Å². The van der Waals surface area contributed by atoms with E-state index in [-0.39, 0.29) is 24.0 Å². The maximum Gasteiger partial charge on any atom is 0.191 e. The predicted molar refractivity (Wildman–Crippen MR) is 87.1 cm³/mol. The molecule has 112 valence electrons. The summed E-state index contributed by atoms with van der Waals surface area (Å²) in [6.07, 6.45) is 6.06. The topological polar surface area (TPSA) is 60.1 Å². The van der Waals surface area contributed by atoms with Crippen LogP contribution in [0.1, 0.15) is 32.1 Å². The van der Waals surface area contributed by atoms with Gasteiger partial charge in [-0.25, -0.2) is 0 Å². The highest BCUT2D eigenvalue weighted by atomic mass is 127. The second-order valence-corrected chi connectivity index (χ2v) is 5.00. The summed E-state index contributed by atoms with van der Waals surface area (Å²) < 4.78 is 10.9. The van der Waals surface area contributed by atoms with E-state index in [0.29, 0.717) is 12.1 Å². The third-order valence-corrected chi connectivity index (χ3v) is 3.50. The SMILES string of the molecule is I.NC(=NCCCOC1CCOC1)N1CCCCC1. The van der Waals surface area contributed by atoms with Crippen LogP contribution in [0.15, 0.2) is 4.99 Å². The number of hydrogen-bond donors (Lipinski definition) is 1. The van der Waals surface area contributed by atoms with E-state index in [1.807, 2.05) is 0 Å². The maximum atomic E-state index is 5.97. The van der Waals surface area contributed by atoms with Gasteiger partial charge in [0.25, 0.3) is 0 Å². The van der Waals surface area contributed by atoms with Crippen molar-refractivity contribution in [1.82, 2.24) is 4.90 Å². The zero-order valence-electron chi connectivity index (χ0n) is 11.6. The smallest absolute Gasteiger partial charge is 0.191 e. The van der Waals surface area contributed by atoms with Crippen molar-refractivity contribution in [3.8, 4) is 0 Å². The Morgan fingerprint density at radius 2 is 2.11 bits per heavy atom. The molecule has 0 aromatic heterocycles. The number of nitrogens with two attached hydrogens (primary N) is 1. The van der Waals surface area contributed by atoms with Crippen molar-refractivity contribution in [3.63, 3.8) is 0 Å². The van der Waals surface area contributed by atoms with E-state index in [1.54, 1.807) is 0 Å². The molecule has 0 spiro atoms. The molecule has 0 bridgehead atoms. The van der Waals surface area contributed by atoms with E-state index >= 15 is 0 Å². The molecule has 2 fully saturated rings. The molecule has 0 aliphatic carbocycles. The second-order valence-electron chi connectivity index (χ2n) is 5.00. The predicted octanol–water partition coefficient (Wildman–Crippen LogP) is 1.60. The first-order valence-electron chi connectivity index (χ1n) is 7.10. The highest BCUT2D eigenvalue weighted by Gasteiger charge is 2.15. The normalized spacial score (nSPS) is 24.3. The number of nitrogens with zero attached hydrogens (tertiary/aromatic N) is 2. The first kappa shape index (κ1) is 17.0. The Hall–Kier alpha value is -0.0800. The first-order chi connectivity index (χ1) is 8.86. The Labute approximate surface area is 132 Å². The van der Waals surface area contributed by atoms with Gasteiger partial charge in [-0.3, -0.25) is 4.99 Å². The third-order valence-electron chi connectivity index (χ3n) is 3.50. The molecule has 2 aliphatic heterocycles. The number of halogens is 1. The summed E-state index contributed by atoms with van der Waals surface area (Å²) in [5.74, 6) is 0.707. The number of guanidine groups is 1. The number of hydrogen-bond acceptors (Lipinski definition) is 3. The molecule has 1 atom stereocenters. The quantitative estimate of drug-likeness (QED) is 0.339. The van der Waals surface area contributed by atoms with Gasteiger partial charge >= 0.3 is 0 Å². The zero-order chi connectivity index (χ0) is 12.6. The van der Waals surface area contributed by atoms with Gasteiger partial charge in [0, 0.05) is 32.8 Å². The molecule has 2 N–H and O–H groups in total. The summed E-state index contributed by atoms with van der Waals surface area (Å²) in [6.45, 7) is 5.22. The van der Waals surface area contributed by atoms with Crippen molar-refractivity contribution < 1.29 is 9.47 Å². The molecule has 6 heteroatoms. The van der Waals surface area contributed by atoms with E-state index < -0.39 is 0 Å². The molecule has 5 nitrogen and oxygen atoms in total. The lowest BCUT2D eigenvalue weighted by Crippen LogP contribution is -2.40. The van der Waals surface area contributed by atoms with Crippen LogP contribution in [0.25, 0.3) is 0 Å². The van der Waals surface area contributed by atoms with Crippen LogP contribution in [0.4, 0.5) is 0 Å². The van der Waals surface area contributed by atoms with Gasteiger partial charge in [0.05, 0.1) is 12.7 Å². The van der Waals surface area contributed by atoms with Gasteiger partial charge < -0.3 is 20.1 Å². The van der Waals surface area contributed by atoms with E-state index in [9.17, 15) is 0 Å². The molecule has 2 saturated heterocycles. The number of ether oxygens (including phenoxy) is 2. The monoisotopic (exact) mass is 383 g/mol. The van der Waals surface area contributed by atoms with E-state index in [0.717, 1.165) is 52.3 Å². The molecular formula is C13H26IN3O2. The minimum absolute atomic E-state index is 0. The number of aliphatic imine (C=N–C) groups is 1. The van der Waals surface area contributed by atoms with Gasteiger partial charge in [-0.05, 0) is 32.1 Å². The Kier molecular flexibility index (Phi) is 8.72. The van der Waals surface area contributed by atoms with E-state index in [1.165, 1.54) is 19.3 Å². The molecule has 0 amide bonds. The van der Waals surface area contributed by atoms with E-state index in [2.05, 4.69) is 9.89 Å². The largest absolute Gasteiger partial charge is 0.379 e. The Balaban J connectivity index is 0.00000180. The molecular weight excluding hydrogens is 357 g/mol. The average molecular weight is 383 g/mol. The molecule has 0 saturated carbocycles. The highest BCUT2D eigenvalue weighted by molar-refractivity contribution is 14.0. The summed E-state index contributed by atoms with van der Waals surface area (Å²) in [5.41, 5.74) is 5.97. The second kappa shape index (κ2) is 9.77. The van der Waals surface area contributed by atoms with E-state index in [4.69, 9.17) is 15.2 Å². The zero-order valence-corrected chi connectivity index (χ0v) is 13.9. The van der Waals surface area contributed by atoms with Crippen LogP contribution in [0, 0.1) is 0 Å². The molecule has 0 aromatic carbocycles. The van der Waals surface area contributed by atoms with Crippen LogP contribution in [-0.2, 0) is 9.47 Å². The van der Waals surface area contributed by atoms with Gasteiger partial charge in [-0.2, -0.15) is 0 Å². The van der Waals surface area contributed by atoms with Crippen LogP contribution < -0.4 is 5.73 Å². The van der Waals surface area contributed by atoms with Crippen LogP contribution in [-0.4, -0.2) is 56.4 Å². The summed E-state index contributed by atoms with van der Waals surface area (Å²) in [4.78, 5) is 6.61. The summed E-state index contributed by atoms with van der Waals surface area (Å²) in [5, 5.41) is 0. The molecule has 1 unspecified atom stereocenters. The van der Waals surface area contributed by atoms with Crippen LogP contribution in [0.5, 0.6) is 0 Å². The Morgan fingerprint density at radius 1 is 1.32 bits per heavy atom. The fraction of sp³-hybridized carbons (Fsp3) is 0.923. The lowest BCUT2D eigenvalue weighted by Gasteiger charge is -2.27. The molecule has 0 radical (unpaired) electrons. The van der Waals surface area contributed by atoms with Crippen LogP contribution in [0.2, 0.25) is 0 Å². The van der Waals surface area contributed by atoms with Gasteiger partial charge in [0.2, 0.25) is 0 Å². The summed E-state index contributed by atoms with van der Waals surface area (Å²) >= 11 is 0. The molecule has 2 rings (SSSR count). The van der Waals surface area contributed by atoms with Crippen LogP contribution >= 0.6 is 24.0 Å². The van der Waals surface area contributed by atoms with Gasteiger partial charge in [0.15, 0.2) is 5.96 Å². The standard InChI is InChI=1S/C13H25N3O2.HI/c14-13(16-7-2-1-3-8-16)15-6-4-9-18-12-5-10-17-11-12;/h12H,1-11H2,(H2,14,15);1H. The minimum Gasteiger partial charge on any atom is -0.379 e. The highest BCUT2D eigenvalue weighted by Crippen LogP contribution is 2.09. The Bertz CT molecular complexity index is 265. The Morgan fingerprint density at radius 3 is 2.79 bits per heavy atom. The average Bonchev–Trinajstić information content (AvgIpc) is 2.92. The summed E-state index contributed by atoms with van der Waals surface area (Å²) in [6, 6.07) is 0. The van der Waals surface area contributed by atoms with Gasteiger partial charge in [-0.15, -0.1) is 24.0 Å². The van der Waals surface area contributed by atoms with Crippen molar-refractivity contribution in [1.29, 1.82) is 0 Å². The molecule has 2 heterocycles. The third kappa shape index (κ3) is 6.27. The van der Waals surface area contributed by atoms with Gasteiger partial charge in [0.1, 0.15) is 0 Å². The van der Waals surface area contributed by atoms with Crippen molar-refractivity contribution in [3.05, 3.63) is 0 Å². The van der Waals surface area contributed by atoms with Crippen molar-refractivity contribution in [2.75, 3.05) is 39.5 Å². The number of piperidine rings is 1. The van der Waals surface area contributed by atoms with Crippen molar-refractivity contribution >= 4 is 29.9 Å². The molecule has 19 heavy (non-hydrogen) atoms. The maximum absolute atomic E-state index is 5.97. The first-order valence-corrected chi connectivity index (χ1v) is 7.10. The molecule has 2 aliphatic rings. The lowest BCUT2D eigenvalue weighted by atomic mass is 10.1. The minimum atomic E-state index is 0. The number of likely N-dealkylation sites (tertiary alicyclic amines) is 1.